The quantitative estimate of drug-likeness (QED) is 0.344. The fourth-order valence-corrected chi connectivity index (χ4v) is 4.23. The van der Waals surface area contributed by atoms with Gasteiger partial charge >= 0.3 is 0 Å². The molecule has 174 valence electrons. The lowest BCUT2D eigenvalue weighted by atomic mass is 10.1. The predicted octanol–water partition coefficient (Wildman–Crippen LogP) is 3.27. The fourth-order valence-electron chi connectivity index (χ4n) is 4.02. The number of allylic oxidation sites excluding steroid dienone is 1. The van der Waals surface area contributed by atoms with Crippen molar-refractivity contribution in [3.8, 4) is 22.6 Å². The molecule has 0 aliphatic carbocycles. The Balaban J connectivity index is 1.50. The van der Waals surface area contributed by atoms with Gasteiger partial charge in [0, 0.05) is 49.9 Å². The van der Waals surface area contributed by atoms with E-state index in [2.05, 4.69) is 57.5 Å². The van der Waals surface area contributed by atoms with Crippen LogP contribution in [0.1, 0.15) is 23.6 Å². The van der Waals surface area contributed by atoms with E-state index >= 15 is 0 Å². The minimum atomic E-state index is 0.512. The number of nitrogens with one attached hydrogen (secondary N) is 3. The van der Waals surface area contributed by atoms with E-state index in [1.54, 1.807) is 19.3 Å². The van der Waals surface area contributed by atoms with Crippen molar-refractivity contribution in [2.24, 2.45) is 0 Å². The van der Waals surface area contributed by atoms with Gasteiger partial charge in [0.2, 0.25) is 0 Å². The second kappa shape index (κ2) is 9.10. The number of fused-ring (bicyclic) bond motifs is 3. The highest BCUT2D eigenvalue weighted by molar-refractivity contribution is 6.33. The summed E-state index contributed by atoms with van der Waals surface area (Å²) < 4.78 is 9.16. The lowest BCUT2D eigenvalue weighted by Gasteiger charge is -2.11. The summed E-state index contributed by atoms with van der Waals surface area (Å²) >= 11 is 6.54. The zero-order valence-electron chi connectivity index (χ0n) is 18.7. The first-order chi connectivity index (χ1) is 16.6. The van der Waals surface area contributed by atoms with Crippen LogP contribution < -0.4 is 10.6 Å². The Morgan fingerprint density at radius 3 is 2.91 bits per heavy atom. The van der Waals surface area contributed by atoms with Gasteiger partial charge < -0.3 is 25.2 Å². The highest BCUT2D eigenvalue weighted by Crippen LogP contribution is 2.35. The number of rotatable bonds is 7. The minimum absolute atomic E-state index is 0.512. The average molecular weight is 479 g/mol. The Kier molecular flexibility index (Phi) is 5.84. The Hall–Kier alpha value is -3.99. The van der Waals surface area contributed by atoms with Crippen LogP contribution in [0.3, 0.4) is 0 Å². The number of halogens is 1. The molecule has 0 aromatic carbocycles. The summed E-state index contributed by atoms with van der Waals surface area (Å²) in [5, 5.41) is 30.8. The monoisotopic (exact) mass is 478 g/mol. The van der Waals surface area contributed by atoms with Gasteiger partial charge in [0.15, 0.2) is 5.82 Å². The number of hydrogen-bond donors (Lipinski definition) is 3. The van der Waals surface area contributed by atoms with E-state index in [0.717, 1.165) is 59.4 Å². The topological polar surface area (TPSA) is 135 Å². The van der Waals surface area contributed by atoms with Gasteiger partial charge in [0.25, 0.3) is 0 Å². The number of hydrogen-bond acceptors (Lipinski definition) is 9. The molecule has 0 amide bonds. The minimum Gasteiger partial charge on any atom is -0.375 e. The van der Waals surface area contributed by atoms with Crippen LogP contribution >= 0.6 is 11.6 Å². The summed E-state index contributed by atoms with van der Waals surface area (Å²) in [6, 6.07) is 3.97. The molecular formula is C22H23ClN10O. The van der Waals surface area contributed by atoms with Crippen molar-refractivity contribution in [2.45, 2.75) is 32.9 Å². The number of aryl methyl sites for hydroxylation is 2. The highest BCUT2D eigenvalue weighted by atomic mass is 35.5. The summed E-state index contributed by atoms with van der Waals surface area (Å²) in [6.07, 6.45) is 7.96. The molecule has 4 aromatic heterocycles. The van der Waals surface area contributed by atoms with Crippen LogP contribution in [0, 0.1) is 12.3 Å². The number of aromatic nitrogens is 7. The van der Waals surface area contributed by atoms with Crippen molar-refractivity contribution in [3.63, 3.8) is 0 Å². The molecule has 0 atom stereocenters. The first-order valence-electron chi connectivity index (χ1n) is 10.8. The lowest BCUT2D eigenvalue weighted by molar-refractivity contribution is 0.301. The van der Waals surface area contributed by atoms with Gasteiger partial charge in [0.1, 0.15) is 28.9 Å². The number of pyridine rings is 1. The standard InChI is InChI=1S/C22H23ClN10O/c1-13-17(31-34-30-13)10-21-28-29-22-18-8-14(12-32(18)6-3-7-33(21)22)15-9-20(26-11-16(15)23)27-19(25-2)4-5-24/h4-5,8-9,11-12,24-25H,3,6-7,10H2,1-2H3,(H,26,27)/b19-4+,24-5?. The molecule has 0 saturated heterocycles. The molecular weight excluding hydrogens is 456 g/mol. The Morgan fingerprint density at radius 1 is 1.26 bits per heavy atom. The van der Waals surface area contributed by atoms with Crippen molar-refractivity contribution in [1.82, 2.24) is 39.9 Å². The van der Waals surface area contributed by atoms with Gasteiger partial charge in [-0.25, -0.2) is 9.61 Å². The smallest absolute Gasteiger partial charge is 0.180 e. The molecule has 0 unspecified atom stereocenters. The van der Waals surface area contributed by atoms with E-state index < -0.39 is 0 Å². The van der Waals surface area contributed by atoms with E-state index in [1.807, 2.05) is 13.0 Å². The molecule has 5 heterocycles. The molecule has 0 radical (unpaired) electrons. The van der Waals surface area contributed by atoms with Crippen LogP contribution in [0.4, 0.5) is 5.82 Å². The van der Waals surface area contributed by atoms with E-state index in [-0.39, 0.29) is 0 Å². The Bertz CT molecular complexity index is 1380. The molecule has 34 heavy (non-hydrogen) atoms. The van der Waals surface area contributed by atoms with Crippen molar-refractivity contribution >= 4 is 23.6 Å². The van der Waals surface area contributed by atoms with Crippen molar-refractivity contribution in [3.05, 3.63) is 58.7 Å². The van der Waals surface area contributed by atoms with Crippen LogP contribution in [0.2, 0.25) is 5.02 Å². The molecule has 0 saturated carbocycles. The van der Waals surface area contributed by atoms with Gasteiger partial charge in [-0.15, -0.1) is 10.2 Å². The molecule has 0 fully saturated rings. The van der Waals surface area contributed by atoms with Gasteiger partial charge in [-0.3, -0.25) is 0 Å². The molecule has 4 aromatic rings. The third-order valence-corrected chi connectivity index (χ3v) is 6.06. The molecule has 1 aliphatic heterocycles. The molecule has 0 spiro atoms. The van der Waals surface area contributed by atoms with Gasteiger partial charge in [-0.2, -0.15) is 0 Å². The summed E-state index contributed by atoms with van der Waals surface area (Å²) in [5.41, 5.74) is 4.30. The van der Waals surface area contributed by atoms with Gasteiger partial charge in [0.05, 0.1) is 17.1 Å². The maximum Gasteiger partial charge on any atom is 0.180 e. The summed E-state index contributed by atoms with van der Waals surface area (Å²) in [4.78, 5) is 4.36. The van der Waals surface area contributed by atoms with E-state index in [9.17, 15) is 0 Å². The van der Waals surface area contributed by atoms with E-state index in [4.69, 9.17) is 21.6 Å². The van der Waals surface area contributed by atoms with Crippen molar-refractivity contribution in [2.75, 3.05) is 12.4 Å². The number of nitrogens with zero attached hydrogens (tertiary/aromatic N) is 7. The molecule has 1 aliphatic rings. The summed E-state index contributed by atoms with van der Waals surface area (Å²) in [7, 11) is 1.77. The first-order valence-corrected chi connectivity index (χ1v) is 11.2. The Morgan fingerprint density at radius 2 is 2.15 bits per heavy atom. The SMILES string of the molecule is CN/C(=C\C=N)Nc1cc(-c2cc3n(c2)CCCn2c(Cc4nonc4C)nnc2-3)c(Cl)cn1. The second-order valence-electron chi connectivity index (χ2n) is 7.90. The third-order valence-electron chi connectivity index (χ3n) is 5.75. The van der Waals surface area contributed by atoms with Crippen LogP contribution in [0.5, 0.6) is 0 Å². The maximum atomic E-state index is 7.28. The molecule has 12 heteroatoms. The van der Waals surface area contributed by atoms with E-state index in [1.165, 1.54) is 6.21 Å². The second-order valence-corrected chi connectivity index (χ2v) is 8.30. The van der Waals surface area contributed by atoms with Gasteiger partial charge in [-0.1, -0.05) is 21.9 Å². The highest BCUT2D eigenvalue weighted by Gasteiger charge is 2.23. The molecule has 11 nitrogen and oxygen atoms in total. The molecule has 0 bridgehead atoms. The van der Waals surface area contributed by atoms with Crippen LogP contribution in [0.25, 0.3) is 22.6 Å². The van der Waals surface area contributed by atoms with Crippen LogP contribution in [0.15, 0.2) is 41.1 Å². The average Bonchev–Trinajstić information content (AvgIpc) is 3.52. The van der Waals surface area contributed by atoms with Crippen molar-refractivity contribution in [1.29, 1.82) is 5.41 Å². The molecule has 5 rings (SSSR count). The first kappa shape index (κ1) is 21.8. The normalized spacial score (nSPS) is 13.2. The van der Waals surface area contributed by atoms with Crippen molar-refractivity contribution < 1.29 is 4.63 Å². The fraction of sp³-hybridized carbons (Fsp3) is 0.273. The maximum absolute atomic E-state index is 7.28. The van der Waals surface area contributed by atoms with Gasteiger partial charge in [-0.05, 0) is 31.6 Å². The van der Waals surface area contributed by atoms with Crippen LogP contribution in [-0.4, -0.2) is 47.9 Å². The largest absolute Gasteiger partial charge is 0.375 e. The van der Waals surface area contributed by atoms with Crippen LogP contribution in [-0.2, 0) is 19.5 Å². The summed E-state index contributed by atoms with van der Waals surface area (Å²) in [6.45, 7) is 3.53. The zero-order chi connectivity index (χ0) is 23.7. The Labute approximate surface area is 200 Å². The molecule has 3 N–H and O–H groups in total. The predicted molar refractivity (Wildman–Crippen MR) is 128 cm³/mol. The summed E-state index contributed by atoms with van der Waals surface area (Å²) in [5.74, 6) is 2.91. The third kappa shape index (κ3) is 4.05. The van der Waals surface area contributed by atoms with E-state index in [0.29, 0.717) is 23.1 Å². The number of anilines is 1. The lowest BCUT2D eigenvalue weighted by Crippen LogP contribution is -2.15. The zero-order valence-corrected chi connectivity index (χ0v) is 19.5.